The maximum atomic E-state index is 11.9. The molecule has 1 aromatic rings. The number of hydrogen-bond donors (Lipinski definition) is 2. The topological polar surface area (TPSA) is 57.3 Å². The fraction of sp³-hybridized carbons (Fsp3) is 0.571. The zero-order chi connectivity index (χ0) is 13.7. The highest BCUT2D eigenvalue weighted by Crippen LogP contribution is 2.14. The molecule has 1 aromatic heterocycles. The molecular weight excluding hydrogens is 240 g/mol. The minimum atomic E-state index is -0.0819. The largest absolute Gasteiger partial charge is 0.387 e. The summed E-state index contributed by atoms with van der Waals surface area (Å²) in [5.41, 5.74) is 1.39. The van der Waals surface area contributed by atoms with E-state index in [-0.39, 0.29) is 5.91 Å². The van der Waals surface area contributed by atoms with Gasteiger partial charge in [0.05, 0.1) is 11.9 Å². The predicted molar refractivity (Wildman–Crippen MR) is 76.3 cm³/mol. The van der Waals surface area contributed by atoms with Gasteiger partial charge in [-0.05, 0) is 51.0 Å². The Labute approximate surface area is 114 Å². The van der Waals surface area contributed by atoms with Crippen molar-refractivity contribution in [3.05, 3.63) is 24.0 Å². The molecule has 0 aliphatic carbocycles. The summed E-state index contributed by atoms with van der Waals surface area (Å²) in [5, 5.41) is 5.96. The van der Waals surface area contributed by atoms with Gasteiger partial charge in [0.15, 0.2) is 0 Å². The van der Waals surface area contributed by atoms with Crippen molar-refractivity contribution in [2.24, 2.45) is 5.92 Å². The first kappa shape index (κ1) is 13.8. The normalized spacial score (nSPS) is 17.2. The molecule has 1 amide bonds. The molecule has 1 aliphatic rings. The number of carbonyl (C=O) groups excluding carboxylic acids is 1. The minimum Gasteiger partial charge on any atom is -0.387 e. The molecule has 19 heavy (non-hydrogen) atoms. The zero-order valence-electron chi connectivity index (χ0n) is 11.6. The predicted octanol–water partition coefficient (Wildman–Crippen LogP) is 1.19. The summed E-state index contributed by atoms with van der Waals surface area (Å²) in [6, 6.07) is 3.60. The van der Waals surface area contributed by atoms with Crippen LogP contribution in [0, 0.1) is 5.92 Å². The van der Waals surface area contributed by atoms with Gasteiger partial charge in [-0.25, -0.2) is 4.98 Å². The van der Waals surface area contributed by atoms with Crippen LogP contribution in [0.1, 0.15) is 23.3 Å². The lowest BCUT2D eigenvalue weighted by Gasteiger charge is -2.28. The highest BCUT2D eigenvalue weighted by molar-refractivity contribution is 5.92. The van der Waals surface area contributed by atoms with Gasteiger partial charge in [-0.15, -0.1) is 0 Å². The van der Waals surface area contributed by atoms with Crippen LogP contribution in [0.2, 0.25) is 0 Å². The summed E-state index contributed by atoms with van der Waals surface area (Å²) < 4.78 is 0. The van der Waals surface area contributed by atoms with E-state index in [9.17, 15) is 4.79 Å². The van der Waals surface area contributed by atoms with Gasteiger partial charge in [0.2, 0.25) is 0 Å². The van der Waals surface area contributed by atoms with E-state index in [0.717, 1.165) is 38.2 Å². The SMILES string of the molecule is CNc1ccc(C(=O)NCC2CCN(C)CC2)nc1. The molecule has 1 fully saturated rings. The van der Waals surface area contributed by atoms with Crippen LogP contribution in [0.4, 0.5) is 5.69 Å². The van der Waals surface area contributed by atoms with Gasteiger partial charge < -0.3 is 15.5 Å². The second-order valence-electron chi connectivity index (χ2n) is 5.14. The third-order valence-electron chi connectivity index (χ3n) is 3.67. The van der Waals surface area contributed by atoms with Crippen molar-refractivity contribution in [3.63, 3.8) is 0 Å². The van der Waals surface area contributed by atoms with Crippen molar-refractivity contribution in [1.29, 1.82) is 0 Å². The molecule has 5 nitrogen and oxygen atoms in total. The molecule has 0 aromatic carbocycles. The van der Waals surface area contributed by atoms with E-state index >= 15 is 0 Å². The number of anilines is 1. The van der Waals surface area contributed by atoms with Gasteiger partial charge in [0.1, 0.15) is 5.69 Å². The van der Waals surface area contributed by atoms with Crippen molar-refractivity contribution in [3.8, 4) is 0 Å². The van der Waals surface area contributed by atoms with Crippen LogP contribution in [0.3, 0.4) is 0 Å². The number of nitrogens with zero attached hydrogens (tertiary/aromatic N) is 2. The van der Waals surface area contributed by atoms with Gasteiger partial charge in [-0.1, -0.05) is 0 Å². The molecule has 0 saturated carbocycles. The molecular formula is C14H22N4O. The Morgan fingerprint density at radius 2 is 2.16 bits per heavy atom. The summed E-state index contributed by atoms with van der Waals surface area (Å²) >= 11 is 0. The zero-order valence-corrected chi connectivity index (χ0v) is 11.6. The van der Waals surface area contributed by atoms with E-state index < -0.39 is 0 Å². The van der Waals surface area contributed by atoms with Crippen LogP contribution in [-0.4, -0.2) is 49.5 Å². The van der Waals surface area contributed by atoms with Crippen molar-refractivity contribution in [2.45, 2.75) is 12.8 Å². The van der Waals surface area contributed by atoms with Gasteiger partial charge in [-0.3, -0.25) is 4.79 Å². The van der Waals surface area contributed by atoms with Crippen molar-refractivity contribution in [2.75, 3.05) is 39.0 Å². The van der Waals surface area contributed by atoms with Crippen LogP contribution in [0.15, 0.2) is 18.3 Å². The second kappa shape index (κ2) is 6.52. The Bertz CT molecular complexity index is 410. The van der Waals surface area contributed by atoms with Crippen molar-refractivity contribution in [1.82, 2.24) is 15.2 Å². The minimum absolute atomic E-state index is 0.0819. The molecule has 0 radical (unpaired) electrons. The van der Waals surface area contributed by atoms with Crippen molar-refractivity contribution < 1.29 is 4.79 Å². The van der Waals surface area contributed by atoms with Gasteiger partial charge in [0.25, 0.3) is 5.91 Å². The summed E-state index contributed by atoms with van der Waals surface area (Å²) in [6.45, 7) is 2.99. The van der Waals surface area contributed by atoms with E-state index in [1.165, 1.54) is 0 Å². The van der Waals surface area contributed by atoms with E-state index in [1.807, 2.05) is 13.1 Å². The molecule has 1 saturated heterocycles. The average molecular weight is 262 g/mol. The number of likely N-dealkylation sites (tertiary alicyclic amines) is 1. The molecule has 0 unspecified atom stereocenters. The standard InChI is InChI=1S/C14H22N4O/c1-15-12-3-4-13(16-10-12)14(19)17-9-11-5-7-18(2)8-6-11/h3-4,10-11,15H,5-9H2,1-2H3,(H,17,19). The Hall–Kier alpha value is -1.62. The molecule has 2 N–H and O–H groups in total. The maximum Gasteiger partial charge on any atom is 0.269 e. The fourth-order valence-electron chi connectivity index (χ4n) is 2.27. The summed E-state index contributed by atoms with van der Waals surface area (Å²) in [5.74, 6) is 0.512. The van der Waals surface area contributed by atoms with Crippen molar-refractivity contribution >= 4 is 11.6 Å². The fourth-order valence-corrected chi connectivity index (χ4v) is 2.27. The Morgan fingerprint density at radius 3 is 2.74 bits per heavy atom. The monoisotopic (exact) mass is 262 g/mol. The van der Waals surface area contributed by atoms with Crippen LogP contribution in [0.5, 0.6) is 0 Å². The third-order valence-corrected chi connectivity index (χ3v) is 3.67. The van der Waals surface area contributed by atoms with Crippen LogP contribution in [0.25, 0.3) is 0 Å². The van der Waals surface area contributed by atoms with E-state index in [1.54, 1.807) is 12.3 Å². The summed E-state index contributed by atoms with van der Waals surface area (Å²) in [6.07, 6.45) is 3.98. The van der Waals surface area contributed by atoms with Gasteiger partial charge >= 0.3 is 0 Å². The number of piperidine rings is 1. The average Bonchev–Trinajstić information content (AvgIpc) is 2.46. The molecule has 104 valence electrons. The quantitative estimate of drug-likeness (QED) is 0.856. The lowest BCUT2D eigenvalue weighted by molar-refractivity contribution is 0.0934. The molecule has 2 heterocycles. The second-order valence-corrected chi connectivity index (χ2v) is 5.14. The molecule has 2 rings (SSSR count). The number of pyridine rings is 1. The van der Waals surface area contributed by atoms with Crippen LogP contribution >= 0.6 is 0 Å². The number of nitrogens with one attached hydrogen (secondary N) is 2. The van der Waals surface area contributed by atoms with E-state index in [4.69, 9.17) is 0 Å². The highest BCUT2D eigenvalue weighted by Gasteiger charge is 2.17. The summed E-state index contributed by atoms with van der Waals surface area (Å²) in [4.78, 5) is 18.4. The lowest BCUT2D eigenvalue weighted by Crippen LogP contribution is -2.37. The Morgan fingerprint density at radius 1 is 1.42 bits per heavy atom. The lowest BCUT2D eigenvalue weighted by atomic mass is 9.97. The van der Waals surface area contributed by atoms with Gasteiger partial charge in [-0.2, -0.15) is 0 Å². The van der Waals surface area contributed by atoms with Crippen LogP contribution in [-0.2, 0) is 0 Å². The Kier molecular flexibility index (Phi) is 4.74. The third kappa shape index (κ3) is 3.92. The number of rotatable bonds is 4. The molecule has 0 atom stereocenters. The first-order chi connectivity index (χ1) is 9.19. The van der Waals surface area contributed by atoms with Crippen LogP contribution < -0.4 is 10.6 Å². The highest BCUT2D eigenvalue weighted by atomic mass is 16.1. The molecule has 5 heteroatoms. The molecule has 0 spiro atoms. The van der Waals surface area contributed by atoms with E-state index in [2.05, 4.69) is 27.6 Å². The Balaban J connectivity index is 1.80. The number of hydrogen-bond acceptors (Lipinski definition) is 4. The molecule has 1 aliphatic heterocycles. The smallest absolute Gasteiger partial charge is 0.269 e. The first-order valence-electron chi connectivity index (χ1n) is 6.79. The van der Waals surface area contributed by atoms with Gasteiger partial charge in [0, 0.05) is 13.6 Å². The first-order valence-corrected chi connectivity index (χ1v) is 6.79. The maximum absolute atomic E-state index is 11.9. The number of amides is 1. The summed E-state index contributed by atoms with van der Waals surface area (Å²) in [7, 11) is 3.97. The van der Waals surface area contributed by atoms with E-state index in [0.29, 0.717) is 11.6 Å². The molecule has 0 bridgehead atoms. The number of carbonyl (C=O) groups is 1. The number of aromatic nitrogens is 1.